The van der Waals surface area contributed by atoms with Crippen LogP contribution >= 0.6 is 15.9 Å². The lowest BCUT2D eigenvalue weighted by Crippen LogP contribution is -2.32. The number of hydrogen-bond acceptors (Lipinski definition) is 1. The van der Waals surface area contributed by atoms with Crippen LogP contribution in [0.1, 0.15) is 39.3 Å². The second kappa shape index (κ2) is 5.13. The van der Waals surface area contributed by atoms with Gasteiger partial charge in [0.25, 0.3) is 0 Å². The lowest BCUT2D eigenvalue weighted by Gasteiger charge is -2.32. The Morgan fingerprint density at radius 2 is 1.87 bits per heavy atom. The minimum atomic E-state index is 0.222. The Bertz CT molecular complexity index is 315. The summed E-state index contributed by atoms with van der Waals surface area (Å²) in [6.07, 6.45) is 0. The van der Waals surface area contributed by atoms with Gasteiger partial charge in [0.15, 0.2) is 0 Å². The van der Waals surface area contributed by atoms with Gasteiger partial charge in [-0.05, 0) is 23.6 Å². The van der Waals surface area contributed by atoms with E-state index in [0.717, 1.165) is 6.54 Å². The van der Waals surface area contributed by atoms with Gasteiger partial charge in [-0.2, -0.15) is 0 Å². The fourth-order valence-corrected chi connectivity index (χ4v) is 2.31. The Balaban J connectivity index is 3.05. The zero-order valence-electron chi connectivity index (χ0n) is 9.97. The molecule has 0 heterocycles. The Kier molecular flexibility index (Phi) is 4.35. The van der Waals surface area contributed by atoms with Crippen LogP contribution < -0.4 is 5.32 Å². The molecule has 15 heavy (non-hydrogen) atoms. The maximum atomic E-state index is 3.62. The highest BCUT2D eigenvalue weighted by Crippen LogP contribution is 2.36. The molecule has 0 saturated carbocycles. The maximum Gasteiger partial charge on any atom is 0.0380 e. The van der Waals surface area contributed by atoms with E-state index in [0.29, 0.717) is 6.04 Å². The molecule has 0 amide bonds. The van der Waals surface area contributed by atoms with Gasteiger partial charge >= 0.3 is 0 Å². The van der Waals surface area contributed by atoms with Crippen LogP contribution in [0.25, 0.3) is 0 Å². The quantitative estimate of drug-likeness (QED) is 0.870. The summed E-state index contributed by atoms with van der Waals surface area (Å²) in [5, 5.41) is 3.55. The Morgan fingerprint density at radius 3 is 2.33 bits per heavy atom. The van der Waals surface area contributed by atoms with E-state index in [1.165, 1.54) is 10.0 Å². The van der Waals surface area contributed by atoms with Crippen molar-refractivity contribution in [3.05, 3.63) is 34.3 Å². The molecule has 1 atom stereocenters. The lowest BCUT2D eigenvalue weighted by atomic mass is 9.82. The molecule has 0 bridgehead atoms. The Morgan fingerprint density at radius 1 is 1.27 bits per heavy atom. The molecule has 2 heteroatoms. The molecule has 0 aliphatic carbocycles. The topological polar surface area (TPSA) is 12.0 Å². The van der Waals surface area contributed by atoms with Crippen LogP contribution in [0.5, 0.6) is 0 Å². The fraction of sp³-hybridized carbons (Fsp3) is 0.538. The van der Waals surface area contributed by atoms with Crippen LogP contribution in [0.4, 0.5) is 0 Å². The summed E-state index contributed by atoms with van der Waals surface area (Å²) >= 11 is 3.62. The van der Waals surface area contributed by atoms with Gasteiger partial charge in [-0.3, -0.25) is 0 Å². The van der Waals surface area contributed by atoms with Gasteiger partial charge in [0.2, 0.25) is 0 Å². The molecular weight excluding hydrogens is 250 g/mol. The highest BCUT2D eigenvalue weighted by molar-refractivity contribution is 9.10. The van der Waals surface area contributed by atoms with Gasteiger partial charge < -0.3 is 5.32 Å². The van der Waals surface area contributed by atoms with Crippen molar-refractivity contribution < 1.29 is 0 Å². The molecule has 1 nitrogen and oxygen atoms in total. The molecule has 1 rings (SSSR count). The zero-order chi connectivity index (χ0) is 11.5. The van der Waals surface area contributed by atoms with Crippen molar-refractivity contribution in [3.8, 4) is 0 Å². The monoisotopic (exact) mass is 269 g/mol. The van der Waals surface area contributed by atoms with Gasteiger partial charge in [-0.25, -0.2) is 0 Å². The largest absolute Gasteiger partial charge is 0.310 e. The highest BCUT2D eigenvalue weighted by Gasteiger charge is 2.26. The number of nitrogens with one attached hydrogen (secondary N) is 1. The molecule has 0 aromatic heterocycles. The van der Waals surface area contributed by atoms with E-state index in [4.69, 9.17) is 0 Å². The van der Waals surface area contributed by atoms with E-state index in [1.807, 2.05) is 0 Å². The second-order valence-corrected chi connectivity index (χ2v) is 5.73. The van der Waals surface area contributed by atoms with Gasteiger partial charge in [0.1, 0.15) is 0 Å². The molecular formula is C13H20BrN. The molecule has 0 fully saturated rings. The Labute approximate surface area is 101 Å². The molecule has 84 valence electrons. The van der Waals surface area contributed by atoms with E-state index in [2.05, 4.69) is 73.2 Å². The first-order valence-electron chi connectivity index (χ1n) is 5.44. The molecule has 1 aromatic rings. The summed E-state index contributed by atoms with van der Waals surface area (Å²) in [6, 6.07) is 8.82. The normalized spacial score (nSPS) is 13.9. The molecule has 0 spiro atoms. The Hall–Kier alpha value is -0.340. The van der Waals surface area contributed by atoms with Gasteiger partial charge in [0.05, 0.1) is 0 Å². The molecule has 1 unspecified atom stereocenters. The van der Waals surface area contributed by atoms with Gasteiger partial charge in [-0.15, -0.1) is 0 Å². The third kappa shape index (κ3) is 3.32. The van der Waals surface area contributed by atoms with E-state index >= 15 is 0 Å². The van der Waals surface area contributed by atoms with Crippen molar-refractivity contribution in [2.75, 3.05) is 6.54 Å². The first-order chi connectivity index (χ1) is 6.96. The third-order valence-electron chi connectivity index (χ3n) is 2.49. The summed E-state index contributed by atoms with van der Waals surface area (Å²) in [4.78, 5) is 0. The number of hydrogen-bond donors (Lipinski definition) is 1. The summed E-state index contributed by atoms with van der Waals surface area (Å²) < 4.78 is 1.19. The van der Waals surface area contributed by atoms with Crippen molar-refractivity contribution in [3.63, 3.8) is 0 Å². The summed E-state index contributed by atoms with van der Waals surface area (Å²) in [7, 11) is 0. The van der Waals surface area contributed by atoms with Gasteiger partial charge in [0, 0.05) is 10.5 Å². The van der Waals surface area contributed by atoms with Crippen LogP contribution in [0.2, 0.25) is 0 Å². The van der Waals surface area contributed by atoms with E-state index < -0.39 is 0 Å². The first-order valence-corrected chi connectivity index (χ1v) is 6.24. The molecule has 0 aliphatic rings. The maximum absolute atomic E-state index is 3.62. The molecule has 0 radical (unpaired) electrons. The van der Waals surface area contributed by atoms with E-state index in [1.54, 1.807) is 0 Å². The van der Waals surface area contributed by atoms with E-state index in [9.17, 15) is 0 Å². The molecule has 0 saturated heterocycles. The average Bonchev–Trinajstić information content (AvgIpc) is 2.14. The van der Waals surface area contributed by atoms with Crippen molar-refractivity contribution in [1.29, 1.82) is 0 Å². The predicted octanol–water partition coefficient (Wildman–Crippen LogP) is 4.15. The fourth-order valence-electron chi connectivity index (χ4n) is 1.80. The smallest absolute Gasteiger partial charge is 0.0380 e. The average molecular weight is 270 g/mol. The van der Waals surface area contributed by atoms with Crippen molar-refractivity contribution in [1.82, 2.24) is 5.32 Å². The van der Waals surface area contributed by atoms with Crippen LogP contribution in [-0.2, 0) is 0 Å². The molecule has 1 aromatic carbocycles. The van der Waals surface area contributed by atoms with Gasteiger partial charge in [-0.1, -0.05) is 61.8 Å². The number of halogens is 1. The molecule has 1 N–H and O–H groups in total. The zero-order valence-corrected chi connectivity index (χ0v) is 11.6. The standard InChI is InChI=1S/C13H20BrN/c1-5-15-12(13(2,3)4)10-8-6-7-9-11(10)14/h6-9,12,15H,5H2,1-4H3. The van der Waals surface area contributed by atoms with Crippen molar-refractivity contribution in [2.45, 2.75) is 33.7 Å². The summed E-state index contributed by atoms with van der Waals surface area (Å²) in [5.74, 6) is 0. The minimum absolute atomic E-state index is 0.222. The second-order valence-electron chi connectivity index (χ2n) is 4.88. The van der Waals surface area contributed by atoms with Crippen LogP contribution in [0.3, 0.4) is 0 Å². The summed E-state index contributed by atoms with van der Waals surface area (Å²) in [5.41, 5.74) is 1.56. The SMILES string of the molecule is CCNC(c1ccccc1Br)C(C)(C)C. The van der Waals surface area contributed by atoms with Crippen LogP contribution in [0.15, 0.2) is 28.7 Å². The summed E-state index contributed by atoms with van der Waals surface area (Å²) in [6.45, 7) is 9.93. The third-order valence-corrected chi connectivity index (χ3v) is 3.21. The van der Waals surface area contributed by atoms with Crippen molar-refractivity contribution in [2.24, 2.45) is 5.41 Å². The number of benzene rings is 1. The van der Waals surface area contributed by atoms with Crippen LogP contribution in [0, 0.1) is 5.41 Å². The predicted molar refractivity (Wildman–Crippen MR) is 70.0 cm³/mol. The first kappa shape index (κ1) is 12.7. The minimum Gasteiger partial charge on any atom is -0.310 e. The van der Waals surface area contributed by atoms with Crippen LogP contribution in [-0.4, -0.2) is 6.54 Å². The highest BCUT2D eigenvalue weighted by atomic mass is 79.9. The van der Waals surface area contributed by atoms with Crippen molar-refractivity contribution >= 4 is 15.9 Å². The molecule has 0 aliphatic heterocycles. The number of rotatable bonds is 3. The van der Waals surface area contributed by atoms with E-state index in [-0.39, 0.29) is 5.41 Å². The lowest BCUT2D eigenvalue weighted by molar-refractivity contribution is 0.276.